The Morgan fingerprint density at radius 1 is 1.41 bits per heavy atom. The minimum absolute atomic E-state index is 0.222. The van der Waals surface area contributed by atoms with Crippen molar-refractivity contribution in [3.05, 3.63) is 12.2 Å². The van der Waals surface area contributed by atoms with Crippen molar-refractivity contribution in [3.63, 3.8) is 0 Å². The van der Waals surface area contributed by atoms with Gasteiger partial charge < -0.3 is 9.47 Å². The molecular formula is C14H22O3. The SMILES string of the molecule is CC1CCC(C(C)C)C(O[C@H]2C=CC(=O)O2)C1. The summed E-state index contributed by atoms with van der Waals surface area (Å²) in [5.74, 6) is 1.61. The van der Waals surface area contributed by atoms with E-state index in [4.69, 9.17) is 9.47 Å². The van der Waals surface area contributed by atoms with Gasteiger partial charge in [0.2, 0.25) is 6.29 Å². The number of hydrogen-bond donors (Lipinski definition) is 0. The molecule has 1 saturated carbocycles. The molecule has 0 aromatic rings. The van der Waals surface area contributed by atoms with Crippen molar-refractivity contribution in [3.8, 4) is 0 Å². The normalized spacial score (nSPS) is 37.5. The number of ether oxygens (including phenoxy) is 2. The Balaban J connectivity index is 1.95. The largest absolute Gasteiger partial charge is 0.429 e. The van der Waals surface area contributed by atoms with Crippen LogP contribution in [-0.4, -0.2) is 18.4 Å². The van der Waals surface area contributed by atoms with Crippen molar-refractivity contribution in [2.75, 3.05) is 0 Å². The zero-order chi connectivity index (χ0) is 12.4. The molecule has 0 bridgehead atoms. The molecule has 96 valence electrons. The quantitative estimate of drug-likeness (QED) is 0.709. The summed E-state index contributed by atoms with van der Waals surface area (Å²) in [4.78, 5) is 11.0. The molecule has 1 aliphatic heterocycles. The highest BCUT2D eigenvalue weighted by Crippen LogP contribution is 2.36. The highest BCUT2D eigenvalue weighted by Gasteiger charge is 2.34. The van der Waals surface area contributed by atoms with Gasteiger partial charge in [0.25, 0.3) is 0 Å². The van der Waals surface area contributed by atoms with E-state index in [1.54, 1.807) is 6.08 Å². The zero-order valence-corrected chi connectivity index (χ0v) is 10.9. The predicted molar refractivity (Wildman–Crippen MR) is 65.2 cm³/mol. The Morgan fingerprint density at radius 2 is 2.18 bits per heavy atom. The molecule has 1 aliphatic carbocycles. The van der Waals surface area contributed by atoms with Crippen molar-refractivity contribution in [1.82, 2.24) is 0 Å². The number of carbonyl (C=O) groups excluding carboxylic acids is 1. The zero-order valence-electron chi connectivity index (χ0n) is 10.9. The van der Waals surface area contributed by atoms with E-state index in [1.165, 1.54) is 18.9 Å². The maximum absolute atomic E-state index is 11.0. The molecule has 17 heavy (non-hydrogen) atoms. The lowest BCUT2D eigenvalue weighted by Crippen LogP contribution is -2.36. The van der Waals surface area contributed by atoms with E-state index in [1.807, 2.05) is 0 Å². The summed E-state index contributed by atoms with van der Waals surface area (Å²) in [6, 6.07) is 0. The molecule has 1 heterocycles. The standard InChI is InChI=1S/C14H22O3/c1-9(2)11-5-4-10(3)8-12(11)16-14-7-6-13(15)17-14/h6-7,9-12,14H,4-5,8H2,1-3H3/t10?,11?,12?,14-/m1/s1. The van der Waals surface area contributed by atoms with E-state index in [0.717, 1.165) is 6.42 Å². The van der Waals surface area contributed by atoms with Gasteiger partial charge in [-0.25, -0.2) is 4.79 Å². The topological polar surface area (TPSA) is 35.5 Å². The van der Waals surface area contributed by atoms with Gasteiger partial charge in [0.1, 0.15) is 0 Å². The molecule has 3 heteroatoms. The first-order valence-corrected chi connectivity index (χ1v) is 6.60. The highest BCUT2D eigenvalue weighted by atomic mass is 16.7. The number of esters is 1. The second kappa shape index (κ2) is 5.21. The second-order valence-corrected chi connectivity index (χ2v) is 5.67. The van der Waals surface area contributed by atoms with Crippen molar-refractivity contribution in [1.29, 1.82) is 0 Å². The van der Waals surface area contributed by atoms with E-state index in [2.05, 4.69) is 20.8 Å². The number of hydrogen-bond acceptors (Lipinski definition) is 3. The van der Waals surface area contributed by atoms with E-state index < -0.39 is 6.29 Å². The Kier molecular flexibility index (Phi) is 3.87. The predicted octanol–water partition coefficient (Wildman–Crippen LogP) is 2.90. The van der Waals surface area contributed by atoms with Gasteiger partial charge in [-0.15, -0.1) is 0 Å². The lowest BCUT2D eigenvalue weighted by Gasteiger charge is -2.37. The minimum Gasteiger partial charge on any atom is -0.429 e. The Bertz CT molecular complexity index is 309. The Labute approximate surface area is 103 Å². The lowest BCUT2D eigenvalue weighted by molar-refractivity contribution is -0.178. The fourth-order valence-corrected chi connectivity index (χ4v) is 2.87. The van der Waals surface area contributed by atoms with Gasteiger partial charge in [0.05, 0.1) is 6.10 Å². The van der Waals surface area contributed by atoms with Gasteiger partial charge in [-0.05, 0) is 36.7 Å². The van der Waals surface area contributed by atoms with E-state index >= 15 is 0 Å². The molecule has 0 aromatic heterocycles. The maximum Gasteiger partial charge on any atom is 0.333 e. The van der Waals surface area contributed by atoms with Crippen molar-refractivity contribution >= 4 is 5.97 Å². The monoisotopic (exact) mass is 238 g/mol. The van der Waals surface area contributed by atoms with Gasteiger partial charge in [0.15, 0.2) is 0 Å². The van der Waals surface area contributed by atoms with Gasteiger partial charge in [-0.1, -0.05) is 27.2 Å². The summed E-state index contributed by atoms with van der Waals surface area (Å²) in [5.41, 5.74) is 0. The molecule has 2 aliphatic rings. The molecule has 0 aromatic carbocycles. The van der Waals surface area contributed by atoms with Gasteiger partial charge in [-0.3, -0.25) is 0 Å². The molecular weight excluding hydrogens is 216 g/mol. The summed E-state index contributed by atoms with van der Waals surface area (Å²) in [6.07, 6.45) is 6.49. The molecule has 0 spiro atoms. The summed E-state index contributed by atoms with van der Waals surface area (Å²) >= 11 is 0. The van der Waals surface area contributed by atoms with Crippen LogP contribution in [0.15, 0.2) is 12.2 Å². The number of rotatable bonds is 3. The fourth-order valence-electron chi connectivity index (χ4n) is 2.87. The maximum atomic E-state index is 11.0. The highest BCUT2D eigenvalue weighted by molar-refractivity contribution is 5.84. The number of carbonyl (C=O) groups is 1. The van der Waals surface area contributed by atoms with Crippen molar-refractivity contribution < 1.29 is 14.3 Å². The molecule has 0 amide bonds. The first kappa shape index (κ1) is 12.6. The molecule has 2 rings (SSSR count). The lowest BCUT2D eigenvalue weighted by atomic mass is 9.75. The molecule has 0 saturated heterocycles. The fraction of sp³-hybridized carbons (Fsp3) is 0.786. The van der Waals surface area contributed by atoms with Gasteiger partial charge in [-0.2, -0.15) is 0 Å². The Morgan fingerprint density at radius 3 is 2.76 bits per heavy atom. The second-order valence-electron chi connectivity index (χ2n) is 5.67. The van der Waals surface area contributed by atoms with Crippen LogP contribution in [0.25, 0.3) is 0 Å². The molecule has 0 N–H and O–H groups in total. The molecule has 3 unspecified atom stereocenters. The number of cyclic esters (lactones) is 1. The third-order valence-corrected chi connectivity index (χ3v) is 3.89. The van der Waals surface area contributed by atoms with Crippen LogP contribution < -0.4 is 0 Å². The summed E-state index contributed by atoms with van der Waals surface area (Å²) in [5, 5.41) is 0. The van der Waals surface area contributed by atoms with Crippen molar-refractivity contribution in [2.24, 2.45) is 17.8 Å². The summed E-state index contributed by atoms with van der Waals surface area (Å²) < 4.78 is 11.0. The third-order valence-electron chi connectivity index (χ3n) is 3.89. The molecule has 0 radical (unpaired) electrons. The first-order valence-electron chi connectivity index (χ1n) is 6.60. The van der Waals surface area contributed by atoms with Crippen LogP contribution in [0.2, 0.25) is 0 Å². The van der Waals surface area contributed by atoms with Gasteiger partial charge >= 0.3 is 5.97 Å². The van der Waals surface area contributed by atoms with Crippen LogP contribution in [-0.2, 0) is 14.3 Å². The van der Waals surface area contributed by atoms with E-state index in [0.29, 0.717) is 17.8 Å². The molecule has 3 nitrogen and oxygen atoms in total. The summed E-state index contributed by atoms with van der Waals surface area (Å²) in [7, 11) is 0. The molecule has 4 atom stereocenters. The van der Waals surface area contributed by atoms with Crippen LogP contribution in [0.3, 0.4) is 0 Å². The van der Waals surface area contributed by atoms with Crippen LogP contribution in [0.5, 0.6) is 0 Å². The summed E-state index contributed by atoms with van der Waals surface area (Å²) in [6.45, 7) is 6.75. The average molecular weight is 238 g/mol. The van der Waals surface area contributed by atoms with E-state index in [9.17, 15) is 4.79 Å². The van der Waals surface area contributed by atoms with Crippen LogP contribution in [0, 0.1) is 17.8 Å². The van der Waals surface area contributed by atoms with Crippen LogP contribution in [0.4, 0.5) is 0 Å². The van der Waals surface area contributed by atoms with Crippen LogP contribution >= 0.6 is 0 Å². The smallest absolute Gasteiger partial charge is 0.333 e. The minimum atomic E-state index is -0.459. The van der Waals surface area contributed by atoms with Crippen LogP contribution in [0.1, 0.15) is 40.0 Å². The first-order chi connectivity index (χ1) is 8.06. The third kappa shape index (κ3) is 3.09. The van der Waals surface area contributed by atoms with Crippen molar-refractivity contribution in [2.45, 2.75) is 52.4 Å². The average Bonchev–Trinajstić information content (AvgIpc) is 2.63. The molecule has 1 fully saturated rings. The van der Waals surface area contributed by atoms with E-state index in [-0.39, 0.29) is 12.1 Å². The Hall–Kier alpha value is -0.830. The van der Waals surface area contributed by atoms with Gasteiger partial charge in [0, 0.05) is 6.08 Å².